The van der Waals surface area contributed by atoms with Crippen molar-refractivity contribution < 1.29 is 27.6 Å². The molecule has 1 amide bonds. The molecule has 9 heteroatoms. The lowest BCUT2D eigenvalue weighted by atomic mass is 9.51. The second kappa shape index (κ2) is 5.84. The second-order valence-electron chi connectivity index (χ2n) is 7.92. The zero-order chi connectivity index (χ0) is 20.4. The van der Waals surface area contributed by atoms with Crippen molar-refractivity contribution in [3.63, 3.8) is 0 Å². The summed E-state index contributed by atoms with van der Waals surface area (Å²) in [5.74, 6) is -1.80. The highest BCUT2D eigenvalue weighted by Crippen LogP contribution is 2.58. The van der Waals surface area contributed by atoms with Crippen LogP contribution >= 0.6 is 0 Å². The van der Waals surface area contributed by atoms with Gasteiger partial charge in [-0.15, -0.1) is 0 Å². The van der Waals surface area contributed by atoms with Crippen LogP contribution in [0.1, 0.15) is 38.3 Å². The van der Waals surface area contributed by atoms with Crippen LogP contribution in [0.3, 0.4) is 0 Å². The number of nitro groups is 1. The molecule has 0 saturated carbocycles. The molecule has 1 aromatic rings. The van der Waals surface area contributed by atoms with Crippen LogP contribution in [-0.2, 0) is 16.6 Å². The number of nitro benzene ring substituents is 1. The van der Waals surface area contributed by atoms with Gasteiger partial charge in [0.2, 0.25) is 0 Å². The third-order valence-electron chi connectivity index (χ3n) is 6.62. The number of amides is 1. The number of methoxy groups -OCH3 is 1. The van der Waals surface area contributed by atoms with Gasteiger partial charge in [-0.3, -0.25) is 14.9 Å². The van der Waals surface area contributed by atoms with E-state index in [4.69, 9.17) is 4.74 Å². The molecule has 3 rings (SSSR count). The van der Waals surface area contributed by atoms with Crippen molar-refractivity contribution in [1.29, 1.82) is 0 Å². The molecule has 148 valence electrons. The fourth-order valence-corrected chi connectivity index (χ4v) is 4.73. The highest BCUT2D eigenvalue weighted by molar-refractivity contribution is 5.82. The Balaban J connectivity index is 2.21. The number of likely N-dealkylation sites (tertiary alicyclic amines) is 1. The Hall–Kier alpha value is -2.32. The minimum absolute atomic E-state index is 0.0122. The maximum atomic E-state index is 13.1. The van der Waals surface area contributed by atoms with Crippen LogP contribution in [0.2, 0.25) is 0 Å². The lowest BCUT2D eigenvalue weighted by Crippen LogP contribution is -2.66. The summed E-state index contributed by atoms with van der Waals surface area (Å²) < 4.78 is 44.6. The summed E-state index contributed by atoms with van der Waals surface area (Å²) in [6, 6.07) is 2.32. The Bertz CT molecular complexity index is 822. The quantitative estimate of drug-likeness (QED) is 0.575. The molecule has 1 aliphatic carbocycles. The molecule has 1 saturated heterocycles. The highest BCUT2D eigenvalue weighted by atomic mass is 19.4. The monoisotopic (exact) mass is 386 g/mol. The predicted octanol–water partition coefficient (Wildman–Crippen LogP) is 3.61. The van der Waals surface area contributed by atoms with E-state index in [1.165, 1.54) is 13.2 Å². The van der Waals surface area contributed by atoms with Crippen molar-refractivity contribution in [2.75, 3.05) is 13.7 Å². The highest BCUT2D eigenvalue weighted by Gasteiger charge is 2.60. The van der Waals surface area contributed by atoms with E-state index in [0.29, 0.717) is 12.0 Å². The zero-order valence-electron chi connectivity index (χ0n) is 15.5. The number of alkyl halides is 3. The van der Waals surface area contributed by atoms with Gasteiger partial charge in [0, 0.05) is 29.6 Å². The van der Waals surface area contributed by atoms with Crippen LogP contribution in [0.5, 0.6) is 5.75 Å². The summed E-state index contributed by atoms with van der Waals surface area (Å²) in [7, 11) is 1.30. The molecule has 0 spiro atoms. The van der Waals surface area contributed by atoms with Crippen molar-refractivity contribution in [3.8, 4) is 5.75 Å². The van der Waals surface area contributed by atoms with Gasteiger partial charge in [0.1, 0.15) is 0 Å². The summed E-state index contributed by atoms with van der Waals surface area (Å²) >= 11 is 0. The number of carbonyl (C=O) groups excluding carboxylic acids is 1. The summed E-state index contributed by atoms with van der Waals surface area (Å²) in [4.78, 5) is 23.7. The third-order valence-corrected chi connectivity index (χ3v) is 6.62. The number of piperidine rings is 1. The van der Waals surface area contributed by atoms with E-state index in [1.54, 1.807) is 6.07 Å². The smallest absolute Gasteiger partial charge is 0.471 e. The molecule has 0 unspecified atom stereocenters. The van der Waals surface area contributed by atoms with E-state index in [9.17, 15) is 28.1 Å². The molecule has 0 N–H and O–H groups in total. The number of hydrogen-bond donors (Lipinski definition) is 0. The molecule has 27 heavy (non-hydrogen) atoms. The molecule has 1 aromatic carbocycles. The molecule has 1 heterocycles. The number of benzene rings is 1. The largest absolute Gasteiger partial charge is 0.490 e. The van der Waals surface area contributed by atoms with E-state index in [2.05, 4.69) is 0 Å². The number of halogens is 3. The number of ether oxygens (including phenoxy) is 1. The van der Waals surface area contributed by atoms with Crippen molar-refractivity contribution in [3.05, 3.63) is 33.4 Å². The topological polar surface area (TPSA) is 72.7 Å². The van der Waals surface area contributed by atoms with Crippen LogP contribution in [0.4, 0.5) is 18.9 Å². The molecule has 2 atom stereocenters. The fourth-order valence-electron chi connectivity index (χ4n) is 4.73. The first-order valence-electron chi connectivity index (χ1n) is 8.58. The first-order chi connectivity index (χ1) is 12.4. The Morgan fingerprint density at radius 2 is 1.96 bits per heavy atom. The lowest BCUT2D eigenvalue weighted by molar-refractivity contribution is -0.385. The summed E-state index contributed by atoms with van der Waals surface area (Å²) in [5.41, 5.74) is -0.0779. The van der Waals surface area contributed by atoms with E-state index in [0.717, 1.165) is 10.5 Å². The van der Waals surface area contributed by atoms with E-state index < -0.39 is 33.9 Å². The SMILES string of the molecule is COc1c([N+](=O)[O-])ccc2c1C[C@H]1N(C(=O)C(F)(F)F)CC[C@]2(C)C1(C)C. The van der Waals surface area contributed by atoms with Crippen molar-refractivity contribution in [2.45, 2.75) is 51.2 Å². The predicted molar refractivity (Wildman–Crippen MR) is 90.7 cm³/mol. The summed E-state index contributed by atoms with van der Waals surface area (Å²) in [6.07, 6.45) is -4.56. The second-order valence-corrected chi connectivity index (χ2v) is 7.92. The zero-order valence-corrected chi connectivity index (χ0v) is 15.5. The molecular weight excluding hydrogens is 365 g/mol. The van der Waals surface area contributed by atoms with Gasteiger partial charge in [-0.05, 0) is 23.8 Å². The first-order valence-corrected chi connectivity index (χ1v) is 8.58. The Morgan fingerprint density at radius 1 is 1.33 bits per heavy atom. The average molecular weight is 386 g/mol. The molecule has 0 radical (unpaired) electrons. The van der Waals surface area contributed by atoms with E-state index in [-0.39, 0.29) is 24.4 Å². The summed E-state index contributed by atoms with van der Waals surface area (Å²) in [5, 5.41) is 11.3. The standard InChI is InChI=1S/C18H21F3N2O4/c1-16(2)13-9-10-11(5-6-12(23(25)26)14(10)27-4)17(16,3)7-8-22(13)15(24)18(19,20)21/h5-6,13H,7-9H2,1-4H3/t13-,17+/m1/s1. The number of rotatable bonds is 2. The number of nitrogens with zero attached hydrogens (tertiary/aromatic N) is 2. The minimum Gasteiger partial charge on any atom is -0.490 e. The van der Waals surface area contributed by atoms with Crippen LogP contribution in [0, 0.1) is 15.5 Å². The molecule has 6 nitrogen and oxygen atoms in total. The molecule has 0 aromatic heterocycles. The van der Waals surface area contributed by atoms with Gasteiger partial charge in [0.15, 0.2) is 5.75 Å². The van der Waals surface area contributed by atoms with Gasteiger partial charge < -0.3 is 9.64 Å². The van der Waals surface area contributed by atoms with Crippen LogP contribution in [0.15, 0.2) is 12.1 Å². The molecule has 2 aliphatic rings. The van der Waals surface area contributed by atoms with Gasteiger partial charge in [0.25, 0.3) is 0 Å². The molecule has 1 fully saturated rings. The van der Waals surface area contributed by atoms with Gasteiger partial charge >= 0.3 is 17.8 Å². The Labute approximate surface area is 154 Å². The number of hydrogen-bond acceptors (Lipinski definition) is 4. The molecule has 1 aliphatic heterocycles. The number of carbonyl (C=O) groups is 1. The average Bonchev–Trinajstić information content (AvgIpc) is 2.55. The maximum Gasteiger partial charge on any atom is 0.471 e. The van der Waals surface area contributed by atoms with Gasteiger partial charge in [-0.25, -0.2) is 0 Å². The Morgan fingerprint density at radius 3 is 2.48 bits per heavy atom. The van der Waals surface area contributed by atoms with Crippen molar-refractivity contribution in [2.24, 2.45) is 5.41 Å². The van der Waals surface area contributed by atoms with Crippen molar-refractivity contribution >= 4 is 11.6 Å². The van der Waals surface area contributed by atoms with E-state index >= 15 is 0 Å². The molecule has 2 bridgehead atoms. The van der Waals surface area contributed by atoms with Gasteiger partial charge in [0.05, 0.1) is 12.0 Å². The fraction of sp³-hybridized carbons (Fsp3) is 0.611. The normalized spacial score (nSPS) is 26.3. The van der Waals surface area contributed by atoms with Crippen LogP contribution < -0.4 is 4.74 Å². The number of fused-ring (bicyclic) bond motifs is 4. The lowest BCUT2D eigenvalue weighted by Gasteiger charge is -2.60. The Kier molecular flexibility index (Phi) is 4.20. The van der Waals surface area contributed by atoms with Gasteiger partial charge in [-0.2, -0.15) is 13.2 Å². The maximum absolute atomic E-state index is 13.1. The van der Waals surface area contributed by atoms with E-state index in [1.807, 2.05) is 20.8 Å². The van der Waals surface area contributed by atoms with Crippen LogP contribution in [-0.4, -0.2) is 41.6 Å². The summed E-state index contributed by atoms with van der Waals surface area (Å²) in [6.45, 7) is 5.63. The third kappa shape index (κ3) is 2.58. The molecular formula is C18H21F3N2O4. The van der Waals surface area contributed by atoms with Crippen LogP contribution in [0.25, 0.3) is 0 Å². The van der Waals surface area contributed by atoms with Gasteiger partial charge in [-0.1, -0.05) is 26.8 Å². The minimum atomic E-state index is -4.96. The van der Waals surface area contributed by atoms with Crippen molar-refractivity contribution in [1.82, 2.24) is 4.90 Å². The first kappa shape index (κ1) is 19.4.